The van der Waals surface area contributed by atoms with E-state index < -0.39 is 5.60 Å². The molecule has 1 aromatic carbocycles. The second-order valence-corrected chi connectivity index (χ2v) is 10.8. The van der Waals surface area contributed by atoms with Gasteiger partial charge in [0.1, 0.15) is 5.60 Å². The first-order valence-corrected chi connectivity index (χ1v) is 11.3. The molecule has 0 radical (unpaired) electrons. The van der Waals surface area contributed by atoms with E-state index in [1.807, 2.05) is 37.8 Å². The lowest BCUT2D eigenvalue weighted by atomic mass is 9.80. The minimum Gasteiger partial charge on any atom is -0.444 e. The maximum atomic E-state index is 12.9. The van der Waals surface area contributed by atoms with Crippen molar-refractivity contribution in [1.29, 1.82) is 0 Å². The summed E-state index contributed by atoms with van der Waals surface area (Å²) < 4.78 is 8.06. The molecule has 2 heterocycles. The lowest BCUT2D eigenvalue weighted by Crippen LogP contribution is -2.48. The number of benzene rings is 1. The molecule has 2 aliphatic rings. The smallest absolute Gasteiger partial charge is 0.410 e. The first-order valence-electron chi connectivity index (χ1n) is 10.5. The number of ether oxygens (including phenoxy) is 1. The van der Waals surface area contributed by atoms with E-state index in [9.17, 15) is 4.79 Å². The summed E-state index contributed by atoms with van der Waals surface area (Å²) in [6, 6.07) is 10.3. The van der Waals surface area contributed by atoms with E-state index in [0.717, 1.165) is 19.4 Å². The average molecular weight is 449 g/mol. The van der Waals surface area contributed by atoms with Crippen LogP contribution >= 0.6 is 23.2 Å². The number of halogens is 2. The van der Waals surface area contributed by atoms with Crippen molar-refractivity contribution in [1.82, 2.24) is 9.47 Å². The van der Waals surface area contributed by atoms with Crippen LogP contribution < -0.4 is 0 Å². The molecule has 4 nitrogen and oxygen atoms in total. The maximum Gasteiger partial charge on any atom is 0.410 e. The molecule has 1 aromatic heterocycles. The highest BCUT2D eigenvalue weighted by Crippen LogP contribution is 2.70. The Bertz CT molecular complexity index is 974. The van der Waals surface area contributed by atoms with Crippen molar-refractivity contribution in [3.8, 4) is 0 Å². The van der Waals surface area contributed by atoms with E-state index >= 15 is 0 Å². The van der Waals surface area contributed by atoms with Gasteiger partial charge in [-0.2, -0.15) is 0 Å². The number of aryl methyl sites for hydroxylation is 2. The van der Waals surface area contributed by atoms with Gasteiger partial charge < -0.3 is 14.2 Å². The summed E-state index contributed by atoms with van der Waals surface area (Å²) in [6.45, 7) is 12.2. The molecular formula is C24H30Cl2N2O2. The van der Waals surface area contributed by atoms with E-state index in [1.54, 1.807) is 0 Å². The summed E-state index contributed by atoms with van der Waals surface area (Å²) in [7, 11) is 0. The molecule has 162 valence electrons. The highest BCUT2D eigenvalue weighted by atomic mass is 35.5. The van der Waals surface area contributed by atoms with Gasteiger partial charge >= 0.3 is 6.09 Å². The quantitative estimate of drug-likeness (QED) is 0.545. The van der Waals surface area contributed by atoms with Crippen molar-refractivity contribution in [2.75, 3.05) is 13.1 Å². The van der Waals surface area contributed by atoms with Crippen LogP contribution in [0.4, 0.5) is 4.79 Å². The number of hydrogen-bond donors (Lipinski definition) is 0. The number of aromatic nitrogens is 1. The van der Waals surface area contributed by atoms with Gasteiger partial charge in [0.05, 0.1) is 10.0 Å². The van der Waals surface area contributed by atoms with Crippen LogP contribution in [0.15, 0.2) is 30.3 Å². The third-order valence-electron chi connectivity index (χ3n) is 6.83. The van der Waals surface area contributed by atoms with Crippen molar-refractivity contribution in [3.05, 3.63) is 57.3 Å². The van der Waals surface area contributed by atoms with Gasteiger partial charge in [0.2, 0.25) is 0 Å². The second-order valence-electron chi connectivity index (χ2n) is 10.0. The SMILES string of the molecule is Cc1ccc(C)n1CC12CN(C(=O)OC(C)(C)C)CCC1(c1ccc(Cl)c(Cl)c1)C2. The molecule has 1 amide bonds. The predicted octanol–water partition coefficient (Wildman–Crippen LogP) is 6.38. The zero-order chi connectivity index (χ0) is 21.9. The molecule has 2 unspecified atom stereocenters. The monoisotopic (exact) mass is 448 g/mol. The van der Waals surface area contributed by atoms with Crippen LogP contribution in [0.1, 0.15) is 50.6 Å². The number of piperidine rings is 1. The average Bonchev–Trinajstić information content (AvgIpc) is 3.24. The highest BCUT2D eigenvalue weighted by molar-refractivity contribution is 6.42. The van der Waals surface area contributed by atoms with Gasteiger partial charge in [-0.3, -0.25) is 0 Å². The molecule has 0 spiro atoms. The number of fused-ring (bicyclic) bond motifs is 1. The van der Waals surface area contributed by atoms with Gasteiger partial charge in [-0.25, -0.2) is 4.79 Å². The van der Waals surface area contributed by atoms with Crippen LogP contribution in [0.25, 0.3) is 0 Å². The van der Waals surface area contributed by atoms with Crippen LogP contribution in [0.3, 0.4) is 0 Å². The third kappa shape index (κ3) is 3.62. The van der Waals surface area contributed by atoms with Crippen LogP contribution in [0.5, 0.6) is 0 Å². The Morgan fingerprint density at radius 2 is 1.77 bits per heavy atom. The molecule has 6 heteroatoms. The largest absolute Gasteiger partial charge is 0.444 e. The van der Waals surface area contributed by atoms with E-state index in [4.69, 9.17) is 27.9 Å². The fourth-order valence-electron chi connectivity index (χ4n) is 5.20. The molecular weight excluding hydrogens is 419 g/mol. The van der Waals surface area contributed by atoms with Gasteiger partial charge in [-0.15, -0.1) is 0 Å². The first-order chi connectivity index (χ1) is 14.0. The fourth-order valence-corrected chi connectivity index (χ4v) is 5.50. The van der Waals surface area contributed by atoms with Crippen molar-refractivity contribution in [2.45, 2.75) is 65.0 Å². The second kappa shape index (κ2) is 7.20. The molecule has 2 atom stereocenters. The lowest BCUT2D eigenvalue weighted by Gasteiger charge is -2.39. The first kappa shape index (κ1) is 21.6. The summed E-state index contributed by atoms with van der Waals surface area (Å²) in [5, 5.41) is 1.17. The molecule has 1 aliphatic carbocycles. The van der Waals surface area contributed by atoms with Gasteiger partial charge in [0.25, 0.3) is 0 Å². The van der Waals surface area contributed by atoms with Crippen molar-refractivity contribution >= 4 is 29.3 Å². The summed E-state index contributed by atoms with van der Waals surface area (Å²) in [5.41, 5.74) is 3.16. The molecule has 0 bridgehead atoms. The minimum absolute atomic E-state index is 0.00287. The number of nitrogens with zero attached hydrogens (tertiary/aromatic N) is 2. The van der Waals surface area contributed by atoms with Gasteiger partial charge in [0, 0.05) is 41.9 Å². The van der Waals surface area contributed by atoms with Crippen molar-refractivity contribution < 1.29 is 9.53 Å². The van der Waals surface area contributed by atoms with Gasteiger partial charge in [-0.1, -0.05) is 29.3 Å². The Kier molecular flexibility index (Phi) is 5.18. The van der Waals surface area contributed by atoms with Gasteiger partial charge in [-0.05, 0) is 77.3 Å². The number of rotatable bonds is 3. The van der Waals surface area contributed by atoms with E-state index in [1.165, 1.54) is 17.0 Å². The number of carbonyl (C=O) groups excluding carboxylic acids is 1. The summed E-state index contributed by atoms with van der Waals surface area (Å²) >= 11 is 12.6. The number of likely N-dealkylation sites (tertiary alicyclic amines) is 1. The molecule has 1 saturated heterocycles. The maximum absolute atomic E-state index is 12.9. The molecule has 1 saturated carbocycles. The van der Waals surface area contributed by atoms with Crippen LogP contribution in [0, 0.1) is 19.3 Å². The number of carbonyl (C=O) groups is 1. The lowest BCUT2D eigenvalue weighted by molar-refractivity contribution is 0.0125. The normalized spacial score (nSPS) is 25.8. The Labute approximate surface area is 189 Å². The molecule has 2 fully saturated rings. The Hall–Kier alpha value is -1.65. The topological polar surface area (TPSA) is 34.5 Å². The Balaban J connectivity index is 1.68. The summed E-state index contributed by atoms with van der Waals surface area (Å²) in [4.78, 5) is 14.7. The molecule has 4 rings (SSSR count). The Morgan fingerprint density at radius 1 is 1.10 bits per heavy atom. The number of amides is 1. The number of hydrogen-bond acceptors (Lipinski definition) is 2. The van der Waals surface area contributed by atoms with Crippen molar-refractivity contribution in [2.24, 2.45) is 5.41 Å². The molecule has 30 heavy (non-hydrogen) atoms. The minimum atomic E-state index is -0.500. The van der Waals surface area contributed by atoms with E-state index in [0.29, 0.717) is 23.1 Å². The van der Waals surface area contributed by atoms with Crippen molar-refractivity contribution in [3.63, 3.8) is 0 Å². The fraction of sp³-hybridized carbons (Fsp3) is 0.542. The van der Waals surface area contributed by atoms with Crippen LogP contribution in [0.2, 0.25) is 10.0 Å². The molecule has 1 aliphatic heterocycles. The molecule has 2 aromatic rings. The van der Waals surface area contributed by atoms with Crippen LogP contribution in [-0.2, 0) is 16.7 Å². The zero-order valence-electron chi connectivity index (χ0n) is 18.4. The third-order valence-corrected chi connectivity index (χ3v) is 7.57. The predicted molar refractivity (Wildman–Crippen MR) is 122 cm³/mol. The Morgan fingerprint density at radius 3 is 2.37 bits per heavy atom. The van der Waals surface area contributed by atoms with E-state index in [-0.39, 0.29) is 16.9 Å². The summed E-state index contributed by atoms with van der Waals surface area (Å²) in [5.74, 6) is 0. The van der Waals surface area contributed by atoms with Crippen LogP contribution in [-0.4, -0.2) is 34.3 Å². The van der Waals surface area contributed by atoms with Gasteiger partial charge in [0.15, 0.2) is 0 Å². The highest BCUT2D eigenvalue weighted by Gasteiger charge is 2.70. The summed E-state index contributed by atoms with van der Waals surface area (Å²) in [6.07, 6.45) is 1.69. The van der Waals surface area contributed by atoms with E-state index in [2.05, 4.69) is 36.6 Å². The zero-order valence-corrected chi connectivity index (χ0v) is 19.9. The molecule has 0 N–H and O–H groups in total. The standard InChI is InChI=1S/C24H30Cl2N2O2/c1-16-6-7-17(2)28(16)15-23-13-24(23,18-8-9-19(25)20(26)12-18)10-11-27(14-23)21(29)30-22(3,4)5/h6-9,12H,10-11,13-15H2,1-5H3.